The molecule has 0 radical (unpaired) electrons. The lowest BCUT2D eigenvalue weighted by Gasteiger charge is -2.17. The second-order valence-corrected chi connectivity index (χ2v) is 6.89. The first-order valence-corrected chi connectivity index (χ1v) is 8.51. The van der Waals surface area contributed by atoms with Crippen LogP contribution in [0.25, 0.3) is 11.3 Å². The quantitative estimate of drug-likeness (QED) is 0.725. The van der Waals surface area contributed by atoms with Gasteiger partial charge in [-0.2, -0.15) is 0 Å². The van der Waals surface area contributed by atoms with Gasteiger partial charge in [-0.1, -0.05) is 55.5 Å². The Bertz CT molecular complexity index is 808. The molecule has 0 saturated carbocycles. The van der Waals surface area contributed by atoms with Crippen molar-refractivity contribution in [1.82, 2.24) is 15.0 Å². The topological polar surface area (TPSA) is 34.0 Å². The molecule has 0 atom stereocenters. The molecular formula is C20H22N4. The first kappa shape index (κ1) is 14.9. The molecule has 122 valence electrons. The zero-order valence-electron chi connectivity index (χ0n) is 14.2. The summed E-state index contributed by atoms with van der Waals surface area (Å²) in [4.78, 5) is 2.41. The number of hydrogen-bond acceptors (Lipinski definition) is 3. The van der Waals surface area contributed by atoms with Gasteiger partial charge in [-0.15, -0.1) is 5.10 Å². The van der Waals surface area contributed by atoms with Gasteiger partial charge >= 0.3 is 0 Å². The summed E-state index contributed by atoms with van der Waals surface area (Å²) in [6.07, 6.45) is 2.03. The van der Waals surface area contributed by atoms with Gasteiger partial charge in [-0.3, -0.25) is 4.68 Å². The second kappa shape index (κ2) is 6.11. The van der Waals surface area contributed by atoms with Gasteiger partial charge in [0.25, 0.3) is 0 Å². The molecule has 0 bridgehead atoms. The smallest absolute Gasteiger partial charge is 0.113 e. The van der Waals surface area contributed by atoms with Crippen LogP contribution in [0.15, 0.2) is 54.7 Å². The lowest BCUT2D eigenvalue weighted by atomic mass is 10.1. The average Bonchev–Trinajstić information content (AvgIpc) is 3.21. The maximum Gasteiger partial charge on any atom is 0.113 e. The Morgan fingerprint density at radius 3 is 2.25 bits per heavy atom. The molecule has 1 aliphatic rings. The van der Waals surface area contributed by atoms with E-state index in [0.29, 0.717) is 5.92 Å². The van der Waals surface area contributed by atoms with Crippen molar-refractivity contribution in [2.45, 2.75) is 33.5 Å². The zero-order chi connectivity index (χ0) is 16.5. The maximum atomic E-state index is 4.30. The maximum absolute atomic E-state index is 4.30. The number of hydrogen-bond donors (Lipinski definition) is 0. The third kappa shape index (κ3) is 2.92. The third-order valence-electron chi connectivity index (χ3n) is 4.46. The molecule has 2 heterocycles. The van der Waals surface area contributed by atoms with Gasteiger partial charge in [0.15, 0.2) is 0 Å². The van der Waals surface area contributed by atoms with Crippen molar-refractivity contribution < 1.29 is 0 Å². The van der Waals surface area contributed by atoms with Crippen molar-refractivity contribution >= 4 is 5.69 Å². The number of aromatic nitrogens is 3. The SMILES string of the molecule is CC(C)Cn1cc(-c2ccc(N3Cc4ccccc4C3)cc2)nn1. The highest BCUT2D eigenvalue weighted by molar-refractivity contribution is 5.63. The van der Waals surface area contributed by atoms with E-state index in [-0.39, 0.29) is 0 Å². The minimum absolute atomic E-state index is 0.568. The Hall–Kier alpha value is -2.62. The molecule has 0 unspecified atom stereocenters. The number of rotatable bonds is 4. The van der Waals surface area contributed by atoms with Crippen molar-refractivity contribution in [3.8, 4) is 11.3 Å². The van der Waals surface area contributed by atoms with E-state index in [1.807, 2.05) is 10.9 Å². The lowest BCUT2D eigenvalue weighted by Crippen LogP contribution is -2.14. The standard InChI is InChI=1S/C20H22N4/c1-15(2)11-24-14-20(21-22-24)16-7-9-19(10-8-16)23-12-17-5-3-4-6-18(17)13-23/h3-10,14-15H,11-13H2,1-2H3. The van der Waals surface area contributed by atoms with E-state index in [4.69, 9.17) is 0 Å². The van der Waals surface area contributed by atoms with Crippen molar-refractivity contribution in [3.05, 3.63) is 65.9 Å². The Labute approximate surface area is 142 Å². The molecule has 2 aromatic carbocycles. The van der Waals surface area contributed by atoms with Gasteiger partial charge in [-0.25, -0.2) is 0 Å². The molecule has 3 aromatic rings. The molecule has 0 N–H and O–H groups in total. The highest BCUT2D eigenvalue weighted by Crippen LogP contribution is 2.29. The van der Waals surface area contributed by atoms with Crippen LogP contribution < -0.4 is 4.90 Å². The highest BCUT2D eigenvalue weighted by atomic mass is 15.4. The first-order chi connectivity index (χ1) is 11.7. The molecule has 0 spiro atoms. The predicted molar refractivity (Wildman–Crippen MR) is 96.6 cm³/mol. The van der Waals surface area contributed by atoms with Crippen molar-refractivity contribution in [3.63, 3.8) is 0 Å². The van der Waals surface area contributed by atoms with E-state index in [0.717, 1.165) is 30.9 Å². The normalized spacial score (nSPS) is 13.5. The number of benzene rings is 2. The van der Waals surface area contributed by atoms with Gasteiger partial charge in [0.2, 0.25) is 0 Å². The monoisotopic (exact) mass is 318 g/mol. The molecule has 0 aliphatic carbocycles. The Morgan fingerprint density at radius 2 is 1.62 bits per heavy atom. The molecule has 4 rings (SSSR count). The average molecular weight is 318 g/mol. The van der Waals surface area contributed by atoms with Crippen molar-refractivity contribution in [2.75, 3.05) is 4.90 Å². The van der Waals surface area contributed by atoms with Crippen LogP contribution in [-0.4, -0.2) is 15.0 Å². The molecule has 4 nitrogen and oxygen atoms in total. The molecule has 4 heteroatoms. The lowest BCUT2D eigenvalue weighted by molar-refractivity contribution is 0.472. The molecule has 0 amide bonds. The Kier molecular flexibility index (Phi) is 3.81. The number of nitrogens with zero attached hydrogens (tertiary/aromatic N) is 4. The van der Waals surface area contributed by atoms with E-state index in [1.54, 1.807) is 0 Å². The van der Waals surface area contributed by atoms with E-state index in [1.165, 1.54) is 16.8 Å². The second-order valence-electron chi connectivity index (χ2n) is 6.89. The van der Waals surface area contributed by atoms with E-state index < -0.39 is 0 Å². The summed E-state index contributed by atoms with van der Waals surface area (Å²) in [6.45, 7) is 7.24. The zero-order valence-corrected chi connectivity index (χ0v) is 14.2. The fourth-order valence-electron chi connectivity index (χ4n) is 3.25. The van der Waals surface area contributed by atoms with Crippen molar-refractivity contribution in [1.29, 1.82) is 0 Å². The van der Waals surface area contributed by atoms with Gasteiger partial charge in [-0.05, 0) is 29.2 Å². The van der Waals surface area contributed by atoms with Crippen LogP contribution >= 0.6 is 0 Å². The summed E-state index contributed by atoms with van der Waals surface area (Å²) < 4.78 is 1.92. The predicted octanol–water partition coefficient (Wildman–Crippen LogP) is 4.12. The minimum Gasteiger partial charge on any atom is -0.363 e. The molecule has 0 fully saturated rings. The van der Waals surface area contributed by atoms with Crippen LogP contribution in [0, 0.1) is 5.92 Å². The highest BCUT2D eigenvalue weighted by Gasteiger charge is 2.18. The summed E-state index contributed by atoms with van der Waals surface area (Å²) in [5.74, 6) is 0.568. The van der Waals surface area contributed by atoms with Crippen molar-refractivity contribution in [2.24, 2.45) is 5.92 Å². The van der Waals surface area contributed by atoms with Gasteiger partial charge in [0.1, 0.15) is 5.69 Å². The molecule has 1 aromatic heterocycles. The fraction of sp³-hybridized carbons (Fsp3) is 0.300. The van der Waals surface area contributed by atoms with Crippen LogP contribution in [0.2, 0.25) is 0 Å². The van der Waals surface area contributed by atoms with Gasteiger partial charge in [0, 0.05) is 30.9 Å². The van der Waals surface area contributed by atoms with Crippen LogP contribution in [0.3, 0.4) is 0 Å². The third-order valence-corrected chi connectivity index (χ3v) is 4.46. The van der Waals surface area contributed by atoms with Crippen LogP contribution in [0.4, 0.5) is 5.69 Å². The first-order valence-electron chi connectivity index (χ1n) is 8.51. The summed E-state index contributed by atoms with van der Waals surface area (Å²) in [7, 11) is 0. The van der Waals surface area contributed by atoms with Crippen LogP contribution in [-0.2, 0) is 19.6 Å². The molecule has 24 heavy (non-hydrogen) atoms. The summed E-state index contributed by atoms with van der Waals surface area (Å²) in [5.41, 5.74) is 6.17. The minimum atomic E-state index is 0.568. The van der Waals surface area contributed by atoms with E-state index >= 15 is 0 Å². The molecular weight excluding hydrogens is 296 g/mol. The van der Waals surface area contributed by atoms with Crippen LogP contribution in [0.1, 0.15) is 25.0 Å². The largest absolute Gasteiger partial charge is 0.363 e. The van der Waals surface area contributed by atoms with Gasteiger partial charge < -0.3 is 4.90 Å². The van der Waals surface area contributed by atoms with Crippen LogP contribution in [0.5, 0.6) is 0 Å². The van der Waals surface area contributed by atoms with Gasteiger partial charge in [0.05, 0.1) is 6.20 Å². The van der Waals surface area contributed by atoms with E-state index in [9.17, 15) is 0 Å². The van der Waals surface area contributed by atoms with E-state index in [2.05, 4.69) is 77.6 Å². The summed E-state index contributed by atoms with van der Waals surface area (Å²) in [5, 5.41) is 8.51. The molecule has 0 saturated heterocycles. The number of anilines is 1. The summed E-state index contributed by atoms with van der Waals surface area (Å²) in [6, 6.07) is 17.3. The fourth-order valence-corrected chi connectivity index (χ4v) is 3.25. The number of fused-ring (bicyclic) bond motifs is 1. The Morgan fingerprint density at radius 1 is 0.958 bits per heavy atom. The Balaban J connectivity index is 1.50. The summed E-state index contributed by atoms with van der Waals surface area (Å²) >= 11 is 0. The molecule has 1 aliphatic heterocycles.